The van der Waals surface area contributed by atoms with Gasteiger partial charge >= 0.3 is 19.8 Å². The van der Waals surface area contributed by atoms with Crippen molar-refractivity contribution in [1.29, 1.82) is 0 Å². The van der Waals surface area contributed by atoms with Gasteiger partial charge in [-0.1, -0.05) is 188 Å². The SMILES string of the molecule is CCCCCCCCCCCCCCCC(=O)OCC(CO[C@H]1C(OP(=O)(O)O)[C@H](O[C@H]2O[C@H](CO[C@H]3O[C@H](CO[C@H]4O[C@H](CO)[C@@H](O)[C@H](O)[C@@H]4O[C@H]4O[C@H](CO)[C@@H](O)[C@H](O)[C@@H]4O[C@H]4O[C@H](CO)[C@@H](O)[C@H](O)[C@@H]4O)[C@@H](O)[C@H](O)[C@@H]3O)[C@@H](O)[C@H](O)[C@@H]2O)[C@H](O)C(O)[C@@H]1O)OC(=O)CCCCCCCC(C)CCCCCCCCCC.OC[C@H]1O[C@H](O)[C@@H](O)[C@@H](O)[C@@H]1O. The maximum atomic E-state index is 13.5. The molecule has 4 unspecified atom stereocenters. The molecular formula is C81H149O44P. The van der Waals surface area contributed by atoms with Crippen molar-refractivity contribution in [2.24, 2.45) is 5.92 Å². The zero-order valence-corrected chi connectivity index (χ0v) is 73.1. The Morgan fingerprint density at radius 2 is 0.627 bits per heavy atom. The molecule has 26 N–H and O–H groups in total. The van der Waals surface area contributed by atoms with Crippen LogP contribution in [-0.2, 0) is 85.0 Å². The Bertz CT molecular complexity index is 2960. The van der Waals surface area contributed by atoms with Crippen molar-refractivity contribution in [3.05, 3.63) is 0 Å². The van der Waals surface area contributed by atoms with E-state index in [-0.39, 0.29) is 12.8 Å². The molecule has 0 aromatic heterocycles. The molecule has 7 aliphatic rings. The Kier molecular flexibility index (Phi) is 51.8. The summed E-state index contributed by atoms with van der Waals surface area (Å²) >= 11 is 0. The number of aliphatic hydroxyl groups is 24. The minimum Gasteiger partial charge on any atom is -0.462 e. The predicted octanol–water partition coefficient (Wildman–Crippen LogP) is -4.96. The monoisotopic (exact) mass is 1860 g/mol. The number of carbonyl (C=O) groups excluding carboxylic acids is 2. The van der Waals surface area contributed by atoms with Gasteiger partial charge in [-0.2, -0.15) is 0 Å². The standard InChI is InChI=1S/C75H137O38P.C6H12O6/c1-4-6-8-10-12-14-15-16-17-18-20-24-28-32-48(79)100-37-42(104-49(80)33-29-25-21-23-27-31-41(3)30-26-22-19-13-11-9-7-5-2)38-101-66-61(92)58(89)62(93)67(70(66)113-114(97,98)99)110-73-65(96)57(88)54(85)47(109-73)39-102-71-63(94)56(87)53(84)46(108-71)40-103-74-68(59(90)51(82)44(35-77)106-74)112-75-69(60(91)52(83)45(36-78)107-75)111-72-64(95)55(86)50(81)43(34-76)105-72;7-1-2-3(8)4(9)5(10)6(11)12-2/h41-47,50-78,81-96H,4-40H2,1-3H3,(H2,97,98,99);2-11H,1H2/t41?,42?,43-,44-,45-,46-,47-,50-,51-,52-,53-,54-,55+,56+,57+,58?,59+,60+,61+,62-,63+,64+,65+,66-,67-,68+,69+,70?,71+,72-,73-,74+,75-;2-,3-,4+,5+,6+/m11/s1. The van der Waals surface area contributed by atoms with E-state index in [1.165, 1.54) is 103 Å². The molecule has 0 aromatic carbocycles. The molecule has 7 rings (SSSR count). The number of unbranched alkanes of at least 4 members (excludes halogenated alkanes) is 23. The first-order valence-electron chi connectivity index (χ1n) is 44.9. The average molecular weight is 1860 g/mol. The molecule has 0 amide bonds. The highest BCUT2D eigenvalue weighted by atomic mass is 31.2. The van der Waals surface area contributed by atoms with Crippen LogP contribution >= 0.6 is 7.82 Å². The maximum absolute atomic E-state index is 13.5. The van der Waals surface area contributed by atoms with Crippen LogP contribution in [0.15, 0.2) is 0 Å². The third-order valence-electron chi connectivity index (χ3n) is 24.0. The fraction of sp³-hybridized carbons (Fsp3) is 0.975. The van der Waals surface area contributed by atoms with Crippen molar-refractivity contribution in [1.82, 2.24) is 0 Å². The highest BCUT2D eigenvalue weighted by molar-refractivity contribution is 7.46. The van der Waals surface area contributed by atoms with Crippen LogP contribution in [0.3, 0.4) is 0 Å². The molecule has 742 valence electrons. The lowest BCUT2D eigenvalue weighted by molar-refractivity contribution is -0.395. The van der Waals surface area contributed by atoms with Gasteiger partial charge in [-0.15, -0.1) is 0 Å². The zero-order chi connectivity index (χ0) is 93.1. The summed E-state index contributed by atoms with van der Waals surface area (Å²) < 4.78 is 97.1. The second-order valence-electron chi connectivity index (χ2n) is 34.1. The number of rotatable bonds is 55. The van der Waals surface area contributed by atoms with E-state index in [0.717, 1.165) is 57.8 Å². The number of esters is 2. The predicted molar refractivity (Wildman–Crippen MR) is 430 cm³/mol. The third-order valence-corrected chi connectivity index (χ3v) is 24.5. The van der Waals surface area contributed by atoms with Crippen LogP contribution in [0.1, 0.15) is 213 Å². The van der Waals surface area contributed by atoms with Gasteiger partial charge in [-0.05, 0) is 18.8 Å². The van der Waals surface area contributed by atoms with Gasteiger partial charge in [0.25, 0.3) is 0 Å². The number of ether oxygens (including phenoxy) is 14. The molecule has 0 radical (unpaired) electrons. The van der Waals surface area contributed by atoms with E-state index in [9.17, 15) is 121 Å². The van der Waals surface area contributed by atoms with Crippen molar-refractivity contribution in [3.8, 4) is 0 Å². The Balaban J connectivity index is 0.00000188. The van der Waals surface area contributed by atoms with E-state index >= 15 is 0 Å². The van der Waals surface area contributed by atoms with Gasteiger partial charge in [0.1, 0.15) is 190 Å². The van der Waals surface area contributed by atoms with Gasteiger partial charge in [0.15, 0.2) is 43.8 Å². The fourth-order valence-electron chi connectivity index (χ4n) is 16.1. The number of phosphoric acid groups is 1. The Labute approximate surface area is 733 Å². The summed E-state index contributed by atoms with van der Waals surface area (Å²) in [7, 11) is -5.78. The number of hydrogen-bond donors (Lipinski definition) is 26. The zero-order valence-electron chi connectivity index (χ0n) is 72.2. The Morgan fingerprint density at radius 3 is 1.08 bits per heavy atom. The second-order valence-corrected chi connectivity index (χ2v) is 35.3. The number of carbonyl (C=O) groups is 2. The molecule has 126 heavy (non-hydrogen) atoms. The van der Waals surface area contributed by atoms with Crippen molar-refractivity contribution in [3.63, 3.8) is 0 Å². The van der Waals surface area contributed by atoms with Crippen molar-refractivity contribution >= 4 is 19.8 Å². The summed E-state index contributed by atoms with van der Waals surface area (Å²) in [5.74, 6) is -0.746. The van der Waals surface area contributed by atoms with E-state index < -0.39 is 300 Å². The van der Waals surface area contributed by atoms with Gasteiger partial charge in [0.2, 0.25) is 0 Å². The van der Waals surface area contributed by atoms with Gasteiger partial charge in [0, 0.05) is 12.8 Å². The van der Waals surface area contributed by atoms with Crippen LogP contribution in [0.4, 0.5) is 0 Å². The summed E-state index contributed by atoms with van der Waals surface area (Å²) in [4.78, 5) is 47.3. The minimum atomic E-state index is -5.78. The van der Waals surface area contributed by atoms with Gasteiger partial charge in [-0.3, -0.25) is 14.1 Å². The average Bonchev–Trinajstić information content (AvgIpc) is 0.768. The molecule has 0 aromatic rings. The summed E-state index contributed by atoms with van der Waals surface area (Å²) in [5, 5.41) is 252. The summed E-state index contributed by atoms with van der Waals surface area (Å²) in [6.45, 7) is -0.157. The number of phosphoric ester groups is 1. The normalized spacial score (nSPS) is 38.7. The summed E-state index contributed by atoms with van der Waals surface area (Å²) in [5.41, 5.74) is 0. The summed E-state index contributed by atoms with van der Waals surface area (Å²) in [6.07, 6.45) is -42.8. The first-order chi connectivity index (χ1) is 60.0. The first-order valence-corrected chi connectivity index (χ1v) is 46.4. The van der Waals surface area contributed by atoms with E-state index in [0.29, 0.717) is 25.2 Å². The molecule has 6 heterocycles. The van der Waals surface area contributed by atoms with E-state index in [2.05, 4.69) is 25.5 Å². The van der Waals surface area contributed by atoms with Crippen LogP contribution in [0.2, 0.25) is 0 Å². The lowest BCUT2D eigenvalue weighted by Crippen LogP contribution is -2.68. The smallest absolute Gasteiger partial charge is 0.462 e. The largest absolute Gasteiger partial charge is 0.470 e. The van der Waals surface area contributed by atoms with Gasteiger partial charge in [-0.25, -0.2) is 4.57 Å². The lowest BCUT2D eigenvalue weighted by Gasteiger charge is -2.48. The van der Waals surface area contributed by atoms with Crippen LogP contribution in [0.5, 0.6) is 0 Å². The number of hydrogen-bond acceptors (Lipinski definition) is 42. The molecule has 38 atom stereocenters. The topological polar surface area (TPSA) is 716 Å². The lowest BCUT2D eigenvalue weighted by atomic mass is 9.84. The fourth-order valence-corrected chi connectivity index (χ4v) is 16.7. The van der Waals surface area contributed by atoms with Crippen LogP contribution in [-0.4, -0.2) is 424 Å². The van der Waals surface area contributed by atoms with Gasteiger partial charge in [0.05, 0.1) is 46.2 Å². The van der Waals surface area contributed by atoms with E-state index in [1.54, 1.807) is 0 Å². The maximum Gasteiger partial charge on any atom is 0.470 e. The molecule has 0 bridgehead atoms. The quantitative estimate of drug-likeness (QED) is 0.0154. The van der Waals surface area contributed by atoms with Crippen LogP contribution in [0.25, 0.3) is 0 Å². The Morgan fingerprint density at radius 1 is 0.310 bits per heavy atom. The molecule has 7 fully saturated rings. The molecule has 6 saturated heterocycles. The molecule has 44 nitrogen and oxygen atoms in total. The minimum absolute atomic E-state index is 0.0233. The van der Waals surface area contributed by atoms with Crippen molar-refractivity contribution < 1.29 is 217 Å². The van der Waals surface area contributed by atoms with Crippen LogP contribution < -0.4 is 0 Å². The van der Waals surface area contributed by atoms with Crippen molar-refractivity contribution in [2.45, 2.75) is 440 Å². The first kappa shape index (κ1) is 112. The third kappa shape index (κ3) is 34.8. The summed E-state index contributed by atoms with van der Waals surface area (Å²) in [6, 6.07) is 0. The van der Waals surface area contributed by atoms with Crippen molar-refractivity contribution in [2.75, 3.05) is 52.9 Å². The molecule has 6 aliphatic heterocycles. The van der Waals surface area contributed by atoms with E-state index in [1.807, 2.05) is 0 Å². The molecule has 0 spiro atoms. The molecular weight excluding hydrogens is 1710 g/mol. The van der Waals surface area contributed by atoms with Gasteiger partial charge < -0.3 is 199 Å². The second kappa shape index (κ2) is 58.1. The van der Waals surface area contributed by atoms with E-state index in [4.69, 9.17) is 91.6 Å². The molecule has 1 aliphatic carbocycles. The molecule has 45 heteroatoms. The highest BCUT2D eigenvalue weighted by Crippen LogP contribution is 2.44. The molecule has 1 saturated carbocycles. The Hall–Kier alpha value is -2.39. The number of aliphatic hydroxyl groups excluding tert-OH is 24. The highest BCUT2D eigenvalue weighted by Gasteiger charge is 2.59. The van der Waals surface area contributed by atoms with Crippen LogP contribution in [0, 0.1) is 5.92 Å².